The second-order valence-corrected chi connectivity index (χ2v) is 6.03. The number of halogens is 1. The van der Waals surface area contributed by atoms with E-state index in [1.54, 1.807) is 0 Å². The Bertz CT molecular complexity index is 527. The van der Waals surface area contributed by atoms with Crippen molar-refractivity contribution in [2.45, 2.75) is 6.92 Å². The van der Waals surface area contributed by atoms with Gasteiger partial charge in [0.2, 0.25) is 0 Å². The second kappa shape index (κ2) is 5.46. The zero-order chi connectivity index (χ0) is 13.1. The van der Waals surface area contributed by atoms with Crippen LogP contribution in [-0.2, 0) is 9.84 Å². The van der Waals surface area contributed by atoms with E-state index >= 15 is 0 Å². The fourth-order valence-electron chi connectivity index (χ4n) is 1.05. The molecule has 5 nitrogen and oxygen atoms in total. The molecular weight excluding hydrogens is 266 g/mol. The molecule has 1 rings (SSSR count). The van der Waals surface area contributed by atoms with E-state index in [1.807, 2.05) is 0 Å². The Morgan fingerprint density at radius 2 is 2.12 bits per heavy atom. The Kier molecular flexibility index (Phi) is 4.47. The van der Waals surface area contributed by atoms with Gasteiger partial charge in [-0.3, -0.25) is 10.1 Å². The van der Waals surface area contributed by atoms with Crippen LogP contribution in [-0.4, -0.2) is 24.8 Å². The van der Waals surface area contributed by atoms with E-state index in [0.717, 1.165) is 0 Å². The van der Waals surface area contributed by atoms with Gasteiger partial charge < -0.3 is 0 Å². The molecule has 0 fully saturated rings. The van der Waals surface area contributed by atoms with Gasteiger partial charge in [0.25, 0.3) is 5.69 Å². The zero-order valence-electron chi connectivity index (χ0n) is 9.01. The molecule has 1 aromatic carbocycles. The third-order valence-corrected chi connectivity index (χ3v) is 3.86. The number of non-ortho nitro benzene ring substituents is 1. The van der Waals surface area contributed by atoms with Crippen LogP contribution in [0.15, 0.2) is 18.2 Å². The number of rotatable bonds is 5. The lowest BCUT2D eigenvalue weighted by molar-refractivity contribution is -0.384. The number of sulfone groups is 1. The molecule has 0 saturated carbocycles. The van der Waals surface area contributed by atoms with Crippen molar-refractivity contribution in [3.63, 3.8) is 0 Å². The van der Waals surface area contributed by atoms with Crippen LogP contribution < -0.4 is 0 Å². The Morgan fingerprint density at radius 3 is 2.59 bits per heavy atom. The van der Waals surface area contributed by atoms with Crippen molar-refractivity contribution >= 4 is 27.1 Å². The molecule has 0 atom stereocenters. The van der Waals surface area contributed by atoms with E-state index in [4.69, 9.17) is 11.6 Å². The largest absolute Gasteiger partial charge is 0.270 e. The van der Waals surface area contributed by atoms with Crippen LogP contribution in [0.2, 0.25) is 5.02 Å². The van der Waals surface area contributed by atoms with Gasteiger partial charge in [0.15, 0.2) is 9.84 Å². The molecule has 7 heteroatoms. The molecule has 0 amide bonds. The Labute approximate surface area is 104 Å². The summed E-state index contributed by atoms with van der Waals surface area (Å²) in [6.07, 6.45) is 2.63. The van der Waals surface area contributed by atoms with Crippen LogP contribution in [0.4, 0.5) is 5.69 Å². The highest BCUT2D eigenvalue weighted by atomic mass is 35.5. The number of nitro groups is 1. The molecular formula is C10H10ClNO4S. The van der Waals surface area contributed by atoms with Gasteiger partial charge in [0.05, 0.1) is 15.7 Å². The predicted octanol–water partition coefficient (Wildman–Crippen LogP) is 2.11. The molecule has 92 valence electrons. The lowest BCUT2D eigenvalue weighted by Gasteiger charge is -2.03. The second-order valence-electron chi connectivity index (χ2n) is 3.27. The molecule has 0 spiro atoms. The number of nitro benzene ring substituents is 1. The minimum atomic E-state index is -3.16. The molecule has 0 aromatic heterocycles. The van der Waals surface area contributed by atoms with Crippen LogP contribution in [0.1, 0.15) is 12.5 Å². The van der Waals surface area contributed by atoms with Crippen molar-refractivity contribution < 1.29 is 13.3 Å². The molecule has 0 aliphatic rings. The molecule has 1 aromatic rings. The molecule has 17 heavy (non-hydrogen) atoms. The number of benzene rings is 1. The van der Waals surface area contributed by atoms with E-state index in [1.165, 1.54) is 25.1 Å². The van der Waals surface area contributed by atoms with Crippen LogP contribution >= 0.6 is 11.6 Å². The van der Waals surface area contributed by atoms with Gasteiger partial charge in [-0.2, -0.15) is 0 Å². The summed E-state index contributed by atoms with van der Waals surface area (Å²) in [6.45, 7) is 1.54. The maximum atomic E-state index is 11.2. The quantitative estimate of drug-likeness (QED) is 0.609. The summed E-state index contributed by atoms with van der Waals surface area (Å²) in [4.78, 5) is 9.89. The summed E-state index contributed by atoms with van der Waals surface area (Å²) in [7, 11) is -3.16. The summed E-state index contributed by atoms with van der Waals surface area (Å²) in [5, 5.41) is 10.6. The molecule has 0 aliphatic heterocycles. The maximum Gasteiger partial charge on any atom is 0.270 e. The molecule has 0 unspecified atom stereocenters. The van der Waals surface area contributed by atoms with Gasteiger partial charge in [0, 0.05) is 24.3 Å². The highest BCUT2D eigenvalue weighted by molar-refractivity contribution is 7.91. The predicted molar refractivity (Wildman–Crippen MR) is 64.8 cm³/mol. The number of hydrogen-bond acceptors (Lipinski definition) is 4. The first-order valence-corrected chi connectivity index (χ1v) is 6.94. The molecule has 0 aliphatic carbocycles. The van der Waals surface area contributed by atoms with Gasteiger partial charge in [-0.25, -0.2) is 8.42 Å². The van der Waals surface area contributed by atoms with Gasteiger partial charge >= 0.3 is 0 Å². The van der Waals surface area contributed by atoms with Crippen molar-refractivity contribution in [2.24, 2.45) is 0 Å². The lowest BCUT2D eigenvalue weighted by Crippen LogP contribution is -2.09. The van der Waals surface area contributed by atoms with Gasteiger partial charge in [-0.15, -0.1) is 0 Å². The van der Waals surface area contributed by atoms with Gasteiger partial charge in [0.1, 0.15) is 0 Å². The number of nitrogens with zero attached hydrogens (tertiary/aromatic N) is 1. The summed E-state index contributed by atoms with van der Waals surface area (Å²) in [5.41, 5.74) is 0.216. The van der Waals surface area contributed by atoms with E-state index in [0.29, 0.717) is 5.56 Å². The summed E-state index contributed by atoms with van der Waals surface area (Å²) in [5.74, 6) is -0.231. The molecule has 0 bridgehead atoms. The third kappa shape index (κ3) is 3.98. The Hall–Kier alpha value is -1.14. The van der Waals surface area contributed by atoms with Crippen molar-refractivity contribution in [2.75, 3.05) is 11.5 Å². The number of hydrogen-bond donors (Lipinski definition) is 0. The first-order valence-electron chi connectivity index (χ1n) is 4.74. The van der Waals surface area contributed by atoms with E-state index in [9.17, 15) is 18.5 Å². The van der Waals surface area contributed by atoms with Gasteiger partial charge in [-0.1, -0.05) is 24.6 Å². The average molecular weight is 276 g/mol. The van der Waals surface area contributed by atoms with Crippen LogP contribution in [0.3, 0.4) is 0 Å². The Balaban J connectivity index is 2.84. The highest BCUT2D eigenvalue weighted by Crippen LogP contribution is 2.23. The first-order chi connectivity index (χ1) is 7.85. The van der Waals surface area contributed by atoms with Crippen molar-refractivity contribution in [1.82, 2.24) is 0 Å². The van der Waals surface area contributed by atoms with E-state index in [2.05, 4.69) is 6.42 Å². The minimum Gasteiger partial charge on any atom is -0.258 e. The lowest BCUT2D eigenvalue weighted by atomic mass is 10.1. The SMILES string of the molecule is CCS(=O)(=O)C[C]c1ccc([N+](=O)[O-])cc1Cl. The molecule has 0 N–H and O–H groups in total. The van der Waals surface area contributed by atoms with Crippen molar-refractivity contribution in [1.29, 1.82) is 0 Å². The fourth-order valence-corrected chi connectivity index (χ4v) is 1.87. The summed E-state index contributed by atoms with van der Waals surface area (Å²) < 4.78 is 22.5. The van der Waals surface area contributed by atoms with Crippen LogP contribution in [0, 0.1) is 16.5 Å². The van der Waals surface area contributed by atoms with Crippen molar-refractivity contribution in [3.05, 3.63) is 45.3 Å². The molecule has 0 heterocycles. The molecule has 2 radical (unpaired) electrons. The maximum absolute atomic E-state index is 11.2. The zero-order valence-corrected chi connectivity index (χ0v) is 10.6. The summed E-state index contributed by atoms with van der Waals surface area (Å²) >= 11 is 5.78. The average Bonchev–Trinajstić information content (AvgIpc) is 2.27. The van der Waals surface area contributed by atoms with Crippen LogP contribution in [0.5, 0.6) is 0 Å². The fraction of sp³-hybridized carbons (Fsp3) is 0.300. The summed E-state index contributed by atoms with van der Waals surface area (Å²) in [6, 6.07) is 3.81. The topological polar surface area (TPSA) is 77.3 Å². The normalized spacial score (nSPS) is 11.4. The van der Waals surface area contributed by atoms with Gasteiger partial charge in [-0.05, 0) is 5.56 Å². The van der Waals surface area contributed by atoms with Crippen LogP contribution in [0.25, 0.3) is 0 Å². The Morgan fingerprint density at radius 1 is 1.47 bits per heavy atom. The van der Waals surface area contributed by atoms with E-state index < -0.39 is 14.8 Å². The smallest absolute Gasteiger partial charge is 0.258 e. The first kappa shape index (κ1) is 13.9. The monoisotopic (exact) mass is 275 g/mol. The minimum absolute atomic E-state index is 0.0185. The standard InChI is InChI=1S/C10H10ClNO4S/c1-2-17(15,16)6-5-8-3-4-9(12(13)14)7-10(8)11/h3-4,7H,2,6H2,1H3. The highest BCUT2D eigenvalue weighted by Gasteiger charge is 2.13. The van der Waals surface area contributed by atoms with Crippen molar-refractivity contribution in [3.8, 4) is 0 Å². The molecule has 0 saturated heterocycles. The van der Waals surface area contributed by atoms with E-state index in [-0.39, 0.29) is 22.2 Å². The third-order valence-electron chi connectivity index (χ3n) is 2.09.